The standard InChI is InChI=1S/C16H17ClN2O3/c1-20-13-8-15(21-2)14(16(9-13)22-3)10-18-19-12-6-4-5-11(17)7-12/h4-10,19H,1-3H3/b18-10-. The van der Waals surface area contributed by atoms with E-state index in [4.69, 9.17) is 25.8 Å². The first-order chi connectivity index (χ1) is 10.7. The van der Waals surface area contributed by atoms with E-state index in [-0.39, 0.29) is 0 Å². The van der Waals surface area contributed by atoms with Gasteiger partial charge in [-0.25, -0.2) is 0 Å². The van der Waals surface area contributed by atoms with Crippen LogP contribution in [0.25, 0.3) is 0 Å². The Morgan fingerprint density at radius 3 is 2.23 bits per heavy atom. The van der Waals surface area contributed by atoms with E-state index in [0.29, 0.717) is 27.8 Å². The fourth-order valence-corrected chi connectivity index (χ4v) is 2.08. The summed E-state index contributed by atoms with van der Waals surface area (Å²) in [6, 6.07) is 10.8. The first-order valence-electron chi connectivity index (χ1n) is 6.52. The molecule has 0 aliphatic rings. The van der Waals surface area contributed by atoms with Crippen molar-refractivity contribution in [2.75, 3.05) is 26.8 Å². The van der Waals surface area contributed by atoms with Crippen molar-refractivity contribution in [3.8, 4) is 17.2 Å². The largest absolute Gasteiger partial charge is 0.496 e. The van der Waals surface area contributed by atoms with Gasteiger partial charge in [0.25, 0.3) is 0 Å². The Hall–Kier alpha value is -2.40. The van der Waals surface area contributed by atoms with Gasteiger partial charge >= 0.3 is 0 Å². The summed E-state index contributed by atoms with van der Waals surface area (Å²) < 4.78 is 15.9. The van der Waals surface area contributed by atoms with Gasteiger partial charge in [-0.15, -0.1) is 0 Å². The van der Waals surface area contributed by atoms with Crippen LogP contribution in [0.3, 0.4) is 0 Å². The van der Waals surface area contributed by atoms with Gasteiger partial charge in [-0.2, -0.15) is 5.10 Å². The second-order valence-corrected chi connectivity index (χ2v) is 4.76. The average Bonchev–Trinajstić information content (AvgIpc) is 2.54. The van der Waals surface area contributed by atoms with Crippen molar-refractivity contribution in [1.29, 1.82) is 0 Å². The van der Waals surface area contributed by atoms with Gasteiger partial charge in [0.1, 0.15) is 17.2 Å². The van der Waals surface area contributed by atoms with E-state index in [0.717, 1.165) is 5.69 Å². The Morgan fingerprint density at radius 2 is 1.68 bits per heavy atom. The van der Waals surface area contributed by atoms with Crippen molar-refractivity contribution >= 4 is 23.5 Å². The van der Waals surface area contributed by atoms with E-state index in [1.54, 1.807) is 51.8 Å². The highest BCUT2D eigenvalue weighted by molar-refractivity contribution is 6.30. The molecule has 2 aromatic rings. The van der Waals surface area contributed by atoms with Crippen LogP contribution >= 0.6 is 11.6 Å². The first kappa shape index (κ1) is 16.0. The molecule has 0 radical (unpaired) electrons. The normalized spacial score (nSPS) is 10.5. The van der Waals surface area contributed by atoms with Crippen molar-refractivity contribution in [2.24, 2.45) is 5.10 Å². The molecule has 0 saturated carbocycles. The number of methoxy groups -OCH3 is 3. The van der Waals surface area contributed by atoms with Crippen molar-refractivity contribution in [3.05, 3.63) is 47.0 Å². The number of nitrogens with one attached hydrogen (secondary N) is 1. The number of nitrogens with zero attached hydrogens (tertiary/aromatic N) is 1. The van der Waals surface area contributed by atoms with Crippen molar-refractivity contribution in [2.45, 2.75) is 0 Å². The number of benzene rings is 2. The first-order valence-corrected chi connectivity index (χ1v) is 6.90. The third-order valence-corrected chi connectivity index (χ3v) is 3.20. The monoisotopic (exact) mass is 320 g/mol. The molecule has 1 N–H and O–H groups in total. The molecule has 0 aliphatic carbocycles. The minimum Gasteiger partial charge on any atom is -0.496 e. The number of hydrogen-bond donors (Lipinski definition) is 1. The molecule has 116 valence electrons. The Labute approximate surface area is 134 Å². The summed E-state index contributed by atoms with van der Waals surface area (Å²) >= 11 is 5.92. The molecular formula is C16H17ClN2O3. The molecule has 0 fully saturated rings. The van der Waals surface area contributed by atoms with Crippen molar-refractivity contribution in [3.63, 3.8) is 0 Å². The zero-order chi connectivity index (χ0) is 15.9. The molecule has 0 amide bonds. The SMILES string of the molecule is COc1cc(OC)c(/C=N\Nc2cccc(Cl)c2)c(OC)c1. The van der Waals surface area contributed by atoms with Crippen LogP contribution in [-0.4, -0.2) is 27.5 Å². The summed E-state index contributed by atoms with van der Waals surface area (Å²) in [4.78, 5) is 0. The summed E-state index contributed by atoms with van der Waals surface area (Å²) in [7, 11) is 4.74. The molecule has 2 aromatic carbocycles. The molecule has 0 spiro atoms. The second kappa shape index (κ2) is 7.56. The van der Waals surface area contributed by atoms with Crippen LogP contribution in [0.5, 0.6) is 17.2 Å². The molecule has 0 aliphatic heterocycles. The van der Waals surface area contributed by atoms with Crippen molar-refractivity contribution < 1.29 is 14.2 Å². The lowest BCUT2D eigenvalue weighted by molar-refractivity contribution is 0.374. The lowest BCUT2D eigenvalue weighted by atomic mass is 10.2. The Balaban J connectivity index is 2.25. The summed E-state index contributed by atoms with van der Waals surface area (Å²) in [5, 5.41) is 4.83. The minimum atomic E-state index is 0.604. The van der Waals surface area contributed by atoms with E-state index in [9.17, 15) is 0 Å². The van der Waals surface area contributed by atoms with Crippen LogP contribution in [0.1, 0.15) is 5.56 Å². The number of anilines is 1. The summed E-state index contributed by atoms with van der Waals surface area (Å²) in [5.74, 6) is 1.86. The summed E-state index contributed by atoms with van der Waals surface area (Å²) in [6.45, 7) is 0. The van der Waals surface area contributed by atoms with Crippen LogP contribution < -0.4 is 19.6 Å². The molecule has 2 rings (SSSR count). The highest BCUT2D eigenvalue weighted by Crippen LogP contribution is 2.32. The summed E-state index contributed by atoms with van der Waals surface area (Å²) in [5.41, 5.74) is 4.40. The topological polar surface area (TPSA) is 52.1 Å². The third kappa shape index (κ3) is 3.83. The molecule has 6 heteroatoms. The van der Waals surface area contributed by atoms with E-state index in [2.05, 4.69) is 10.5 Å². The molecule has 0 atom stereocenters. The van der Waals surface area contributed by atoms with Crippen molar-refractivity contribution in [1.82, 2.24) is 0 Å². The molecule has 22 heavy (non-hydrogen) atoms. The quantitative estimate of drug-likeness (QED) is 0.649. The number of hydrazone groups is 1. The number of hydrogen-bond acceptors (Lipinski definition) is 5. The minimum absolute atomic E-state index is 0.604. The molecule has 0 saturated heterocycles. The molecule has 0 bridgehead atoms. The predicted molar refractivity (Wildman–Crippen MR) is 88.8 cm³/mol. The van der Waals surface area contributed by atoms with E-state index in [1.807, 2.05) is 12.1 Å². The maximum Gasteiger partial charge on any atom is 0.135 e. The maximum atomic E-state index is 5.92. The van der Waals surface area contributed by atoms with Crippen LogP contribution in [0, 0.1) is 0 Å². The summed E-state index contributed by atoms with van der Waals surface area (Å²) in [6.07, 6.45) is 1.62. The van der Waals surface area contributed by atoms with Gasteiger partial charge in [0, 0.05) is 17.2 Å². The van der Waals surface area contributed by atoms with Crippen LogP contribution in [0.15, 0.2) is 41.5 Å². The fraction of sp³-hybridized carbons (Fsp3) is 0.188. The smallest absolute Gasteiger partial charge is 0.135 e. The molecule has 0 heterocycles. The van der Waals surface area contributed by atoms with E-state index >= 15 is 0 Å². The van der Waals surface area contributed by atoms with Gasteiger partial charge in [0.05, 0.1) is 38.8 Å². The molecule has 0 unspecified atom stereocenters. The predicted octanol–water partition coefficient (Wildman–Crippen LogP) is 3.81. The Bertz CT molecular complexity index is 649. The zero-order valence-electron chi connectivity index (χ0n) is 12.6. The van der Waals surface area contributed by atoms with Gasteiger partial charge in [-0.1, -0.05) is 17.7 Å². The lowest BCUT2D eigenvalue weighted by Gasteiger charge is -2.12. The highest BCUT2D eigenvalue weighted by atomic mass is 35.5. The maximum absolute atomic E-state index is 5.92. The fourth-order valence-electron chi connectivity index (χ4n) is 1.89. The Kier molecular flexibility index (Phi) is 5.49. The highest BCUT2D eigenvalue weighted by Gasteiger charge is 2.11. The third-order valence-electron chi connectivity index (χ3n) is 2.97. The van der Waals surface area contributed by atoms with Gasteiger partial charge in [-0.3, -0.25) is 5.43 Å². The van der Waals surface area contributed by atoms with Gasteiger partial charge in [0.15, 0.2) is 0 Å². The molecule has 0 aromatic heterocycles. The lowest BCUT2D eigenvalue weighted by Crippen LogP contribution is -1.99. The van der Waals surface area contributed by atoms with Gasteiger partial charge in [-0.05, 0) is 18.2 Å². The van der Waals surface area contributed by atoms with E-state index < -0.39 is 0 Å². The second-order valence-electron chi connectivity index (χ2n) is 4.33. The van der Waals surface area contributed by atoms with Crippen LogP contribution in [0.4, 0.5) is 5.69 Å². The van der Waals surface area contributed by atoms with Gasteiger partial charge in [0.2, 0.25) is 0 Å². The number of halogens is 1. The van der Waals surface area contributed by atoms with E-state index in [1.165, 1.54) is 0 Å². The molecule has 5 nitrogen and oxygen atoms in total. The average molecular weight is 321 g/mol. The number of rotatable bonds is 6. The molecular weight excluding hydrogens is 304 g/mol. The van der Waals surface area contributed by atoms with Crippen LogP contribution in [-0.2, 0) is 0 Å². The Morgan fingerprint density at radius 1 is 1.00 bits per heavy atom. The van der Waals surface area contributed by atoms with Gasteiger partial charge < -0.3 is 14.2 Å². The number of ether oxygens (including phenoxy) is 3. The zero-order valence-corrected chi connectivity index (χ0v) is 13.3. The van der Waals surface area contributed by atoms with Crippen LogP contribution in [0.2, 0.25) is 5.02 Å².